The van der Waals surface area contributed by atoms with Gasteiger partial charge >= 0.3 is 13.1 Å². The first-order valence-electron chi connectivity index (χ1n) is 9.61. The summed E-state index contributed by atoms with van der Waals surface area (Å²) in [5, 5.41) is 0. The summed E-state index contributed by atoms with van der Waals surface area (Å²) in [5.74, 6) is -0.132. The topological polar surface area (TPSA) is 78.9 Å². The van der Waals surface area contributed by atoms with Gasteiger partial charge in [0.25, 0.3) is 0 Å². The molecule has 3 aliphatic carbocycles. The van der Waals surface area contributed by atoms with Crippen molar-refractivity contribution in [3.05, 3.63) is 24.3 Å². The molecule has 1 aromatic carbocycles. The molecule has 5 rings (SSSR count). The number of methoxy groups -OCH3 is 1. The van der Waals surface area contributed by atoms with E-state index >= 15 is 0 Å². The van der Waals surface area contributed by atoms with Gasteiger partial charge < -0.3 is 14.0 Å². The third-order valence-electron chi connectivity index (χ3n) is 7.02. The maximum atomic E-state index is 12.9. The van der Waals surface area contributed by atoms with Crippen molar-refractivity contribution in [3.63, 3.8) is 0 Å². The van der Waals surface area contributed by atoms with Crippen LogP contribution in [0, 0.1) is 10.8 Å². The fourth-order valence-electron chi connectivity index (χ4n) is 4.88. The predicted octanol–water partition coefficient (Wildman–Crippen LogP) is 2.10. The highest BCUT2D eigenvalue weighted by molar-refractivity contribution is 7.91. The van der Waals surface area contributed by atoms with Crippen LogP contribution in [0.15, 0.2) is 29.2 Å². The van der Waals surface area contributed by atoms with Crippen LogP contribution < -0.4 is 5.46 Å². The van der Waals surface area contributed by atoms with Crippen molar-refractivity contribution in [2.45, 2.75) is 63.1 Å². The SMILES string of the molecule is COC(=O)C12CC(CS(=O)(=O)c3ccc(B4OC(C)(C)C(C)(C)O4)cc3)(C1)C2. The van der Waals surface area contributed by atoms with Crippen molar-refractivity contribution in [3.8, 4) is 0 Å². The third-order valence-corrected chi connectivity index (χ3v) is 9.00. The van der Waals surface area contributed by atoms with E-state index in [0.29, 0.717) is 24.2 Å². The Morgan fingerprint density at radius 3 is 2.00 bits per heavy atom. The van der Waals surface area contributed by atoms with Gasteiger partial charge in [-0.2, -0.15) is 0 Å². The van der Waals surface area contributed by atoms with Gasteiger partial charge in [-0.05, 0) is 70.0 Å². The largest absolute Gasteiger partial charge is 0.494 e. The number of carbonyl (C=O) groups excluding carboxylic acids is 1. The third kappa shape index (κ3) is 2.84. The van der Waals surface area contributed by atoms with Crippen molar-refractivity contribution in [1.82, 2.24) is 0 Å². The van der Waals surface area contributed by atoms with Crippen LogP contribution in [0.3, 0.4) is 0 Å². The van der Waals surface area contributed by atoms with Crippen molar-refractivity contribution >= 4 is 28.4 Å². The number of hydrogen-bond acceptors (Lipinski definition) is 6. The molecule has 28 heavy (non-hydrogen) atoms. The molecule has 6 nitrogen and oxygen atoms in total. The maximum Gasteiger partial charge on any atom is 0.494 e. The lowest BCUT2D eigenvalue weighted by atomic mass is 9.36. The fourth-order valence-corrected chi connectivity index (χ4v) is 6.71. The Hall–Kier alpha value is -1.38. The summed E-state index contributed by atoms with van der Waals surface area (Å²) in [6.45, 7) is 7.93. The second-order valence-corrected chi connectivity index (χ2v) is 11.7. The van der Waals surface area contributed by atoms with Gasteiger partial charge in [0.1, 0.15) is 0 Å². The molecular weight excluding hydrogens is 379 g/mol. The molecule has 0 amide bonds. The summed E-state index contributed by atoms with van der Waals surface area (Å²) in [7, 11) is -2.55. The summed E-state index contributed by atoms with van der Waals surface area (Å²) in [6, 6.07) is 6.76. The van der Waals surface area contributed by atoms with Gasteiger partial charge in [-0.15, -0.1) is 0 Å². The van der Waals surface area contributed by atoms with Gasteiger partial charge in [0, 0.05) is 0 Å². The number of rotatable bonds is 5. The lowest BCUT2D eigenvalue weighted by molar-refractivity contribution is -0.217. The van der Waals surface area contributed by atoms with Crippen LogP contribution >= 0.6 is 0 Å². The summed E-state index contributed by atoms with van der Waals surface area (Å²) in [5.41, 5.74) is -0.778. The molecule has 0 N–H and O–H groups in total. The number of ether oxygens (including phenoxy) is 1. The Kier molecular flexibility index (Phi) is 4.15. The van der Waals surface area contributed by atoms with Crippen molar-refractivity contribution in [2.75, 3.05) is 12.9 Å². The molecule has 0 radical (unpaired) electrons. The van der Waals surface area contributed by atoms with Gasteiger partial charge in [-0.3, -0.25) is 4.79 Å². The first kappa shape index (κ1) is 19.9. The van der Waals surface area contributed by atoms with Crippen molar-refractivity contribution < 1.29 is 27.3 Å². The minimum Gasteiger partial charge on any atom is -0.469 e. The summed E-state index contributed by atoms with van der Waals surface area (Å²) >= 11 is 0. The lowest BCUT2D eigenvalue weighted by Crippen LogP contribution is -2.67. The molecular formula is C20H27BO6S. The summed E-state index contributed by atoms with van der Waals surface area (Å²) < 4.78 is 42.6. The molecule has 4 aliphatic rings. The molecule has 1 aliphatic heterocycles. The molecule has 0 aromatic heterocycles. The Morgan fingerprint density at radius 2 is 1.54 bits per heavy atom. The molecule has 152 valence electrons. The average Bonchev–Trinajstić information content (AvgIpc) is 2.77. The second kappa shape index (κ2) is 5.83. The number of esters is 1. The van der Waals surface area contributed by atoms with E-state index in [9.17, 15) is 13.2 Å². The molecule has 1 saturated heterocycles. The molecule has 8 heteroatoms. The van der Waals surface area contributed by atoms with Crippen LogP contribution in [0.5, 0.6) is 0 Å². The highest BCUT2D eigenvalue weighted by Crippen LogP contribution is 2.74. The van der Waals surface area contributed by atoms with Gasteiger partial charge in [0.05, 0.1) is 34.4 Å². The van der Waals surface area contributed by atoms with E-state index < -0.39 is 33.6 Å². The van der Waals surface area contributed by atoms with Crippen LogP contribution in [-0.2, 0) is 28.7 Å². The Bertz CT molecular complexity index is 883. The highest BCUT2D eigenvalue weighted by Gasteiger charge is 2.73. The molecule has 3 saturated carbocycles. The van der Waals surface area contributed by atoms with Crippen molar-refractivity contribution in [1.29, 1.82) is 0 Å². The number of sulfone groups is 1. The molecule has 0 spiro atoms. The minimum absolute atomic E-state index is 0.0780. The van der Waals surface area contributed by atoms with Crippen LogP contribution in [0.2, 0.25) is 0 Å². The smallest absolute Gasteiger partial charge is 0.469 e. The molecule has 0 atom stereocenters. The van der Waals surface area contributed by atoms with Gasteiger partial charge in [-0.25, -0.2) is 8.42 Å². The first-order valence-corrected chi connectivity index (χ1v) is 11.3. The highest BCUT2D eigenvalue weighted by atomic mass is 32.2. The Balaban J connectivity index is 1.44. The van der Waals surface area contributed by atoms with Crippen LogP contribution in [0.4, 0.5) is 0 Å². The van der Waals surface area contributed by atoms with E-state index in [1.807, 2.05) is 27.7 Å². The number of hydrogen-bond donors (Lipinski definition) is 0. The van der Waals surface area contributed by atoms with Crippen LogP contribution in [0.25, 0.3) is 0 Å². The monoisotopic (exact) mass is 406 g/mol. The van der Waals surface area contributed by atoms with E-state index in [2.05, 4.69) is 0 Å². The van der Waals surface area contributed by atoms with Crippen LogP contribution in [0.1, 0.15) is 47.0 Å². The molecule has 0 unspecified atom stereocenters. The Morgan fingerprint density at radius 1 is 1.04 bits per heavy atom. The molecule has 1 aromatic rings. The van der Waals surface area contributed by atoms with E-state index in [4.69, 9.17) is 14.0 Å². The maximum absolute atomic E-state index is 12.9. The normalized spacial score (nSPS) is 32.4. The zero-order valence-electron chi connectivity index (χ0n) is 17.1. The zero-order valence-corrected chi connectivity index (χ0v) is 17.9. The Labute approximate surface area is 167 Å². The first-order chi connectivity index (χ1) is 12.8. The fraction of sp³-hybridized carbons (Fsp3) is 0.650. The van der Waals surface area contributed by atoms with E-state index in [1.54, 1.807) is 24.3 Å². The molecule has 4 fully saturated rings. The van der Waals surface area contributed by atoms with Gasteiger partial charge in [0.2, 0.25) is 0 Å². The van der Waals surface area contributed by atoms with E-state index in [0.717, 1.165) is 5.46 Å². The number of carbonyl (C=O) groups is 1. The summed E-state index contributed by atoms with van der Waals surface area (Å²) in [6.07, 6.45) is 1.83. The van der Waals surface area contributed by atoms with Crippen molar-refractivity contribution in [2.24, 2.45) is 10.8 Å². The zero-order chi connectivity index (χ0) is 20.6. The van der Waals surface area contributed by atoms with Gasteiger partial charge in [0.15, 0.2) is 9.84 Å². The minimum atomic E-state index is -3.42. The quantitative estimate of drug-likeness (QED) is 0.551. The molecule has 2 bridgehead atoms. The average molecular weight is 406 g/mol. The second-order valence-electron chi connectivity index (χ2n) is 9.72. The standard InChI is InChI=1S/C20H27BO6S/c1-17(2)18(3,4)27-21(26-17)14-6-8-15(9-7-14)28(23,24)13-19-10-20(11-19,12-19)16(22)25-5/h6-9H,10-13H2,1-5H3. The lowest BCUT2D eigenvalue weighted by Gasteiger charge is -2.68. The number of benzene rings is 1. The molecule has 1 heterocycles. The van der Waals surface area contributed by atoms with Gasteiger partial charge in [-0.1, -0.05) is 12.1 Å². The summed E-state index contributed by atoms with van der Waals surface area (Å²) in [4.78, 5) is 12.1. The van der Waals surface area contributed by atoms with E-state index in [-0.39, 0.29) is 17.1 Å². The van der Waals surface area contributed by atoms with Crippen LogP contribution in [-0.4, -0.2) is 45.6 Å². The van der Waals surface area contributed by atoms with E-state index in [1.165, 1.54) is 7.11 Å². The predicted molar refractivity (Wildman–Crippen MR) is 105 cm³/mol.